The molecule has 2 rings (SSSR count). The molecule has 0 saturated carbocycles. The molecule has 0 fully saturated rings. The topological polar surface area (TPSA) is 47.6 Å². The molecular weight excluding hydrogens is 374 g/mol. The smallest absolute Gasteiger partial charge is 0.387 e. The van der Waals surface area contributed by atoms with Crippen LogP contribution in [-0.2, 0) is 10.5 Å². The number of methoxy groups -OCH3 is 1. The van der Waals surface area contributed by atoms with Gasteiger partial charge in [0.05, 0.1) is 12.9 Å². The summed E-state index contributed by atoms with van der Waals surface area (Å²) in [5.74, 6) is -1.93. The van der Waals surface area contributed by atoms with Crippen molar-refractivity contribution in [3.63, 3.8) is 0 Å². The molecule has 0 heterocycles. The minimum Gasteiger partial charge on any atom is -0.493 e. The molecule has 140 valence electrons. The summed E-state index contributed by atoms with van der Waals surface area (Å²) in [4.78, 5) is 11.8. The SMILES string of the molecule is COc1cc(CSCC(=O)Nc2c(F)cccc2F)ccc1OC(F)F. The zero-order chi connectivity index (χ0) is 19.1. The number of rotatable bonds is 8. The Morgan fingerprint density at radius 1 is 1.15 bits per heavy atom. The number of hydrogen-bond donors (Lipinski definition) is 1. The van der Waals surface area contributed by atoms with Gasteiger partial charge < -0.3 is 14.8 Å². The van der Waals surface area contributed by atoms with Gasteiger partial charge in [0.1, 0.15) is 17.3 Å². The van der Waals surface area contributed by atoms with Crippen molar-refractivity contribution in [2.24, 2.45) is 0 Å². The van der Waals surface area contributed by atoms with Crippen LogP contribution in [-0.4, -0.2) is 25.4 Å². The maximum atomic E-state index is 13.5. The summed E-state index contributed by atoms with van der Waals surface area (Å²) < 4.78 is 60.8. The van der Waals surface area contributed by atoms with Crippen molar-refractivity contribution in [3.8, 4) is 11.5 Å². The number of carbonyl (C=O) groups is 1. The zero-order valence-electron chi connectivity index (χ0n) is 13.6. The molecule has 1 N–H and O–H groups in total. The van der Waals surface area contributed by atoms with Gasteiger partial charge in [-0.1, -0.05) is 12.1 Å². The number of benzene rings is 2. The van der Waals surface area contributed by atoms with Crippen LogP contribution in [0.5, 0.6) is 11.5 Å². The lowest BCUT2D eigenvalue weighted by Crippen LogP contribution is -2.16. The third kappa shape index (κ3) is 5.55. The van der Waals surface area contributed by atoms with E-state index in [2.05, 4.69) is 10.1 Å². The first-order chi connectivity index (χ1) is 12.4. The monoisotopic (exact) mass is 389 g/mol. The lowest BCUT2D eigenvalue weighted by molar-refractivity contribution is -0.113. The van der Waals surface area contributed by atoms with Crippen LogP contribution in [0.2, 0.25) is 0 Å². The fourth-order valence-corrected chi connectivity index (χ4v) is 2.82. The van der Waals surface area contributed by atoms with E-state index in [9.17, 15) is 22.4 Å². The van der Waals surface area contributed by atoms with E-state index in [1.54, 1.807) is 6.07 Å². The Labute approximate surface area is 151 Å². The molecule has 0 aromatic heterocycles. The van der Waals surface area contributed by atoms with E-state index >= 15 is 0 Å². The second-order valence-electron chi connectivity index (χ2n) is 5.00. The summed E-state index contributed by atoms with van der Waals surface area (Å²) >= 11 is 1.18. The van der Waals surface area contributed by atoms with Crippen LogP contribution in [0.25, 0.3) is 0 Å². The predicted octanol–water partition coefficient (Wildman–Crippen LogP) is 4.45. The van der Waals surface area contributed by atoms with Gasteiger partial charge in [-0.15, -0.1) is 11.8 Å². The Bertz CT molecular complexity index is 753. The molecular formula is C17H15F4NO3S. The molecule has 0 atom stereocenters. The van der Waals surface area contributed by atoms with Crippen molar-refractivity contribution in [1.29, 1.82) is 0 Å². The van der Waals surface area contributed by atoms with E-state index < -0.39 is 29.8 Å². The maximum Gasteiger partial charge on any atom is 0.387 e. The number of para-hydroxylation sites is 1. The molecule has 0 unspecified atom stereocenters. The fraction of sp³-hybridized carbons (Fsp3) is 0.235. The highest BCUT2D eigenvalue weighted by molar-refractivity contribution is 7.99. The van der Waals surface area contributed by atoms with Crippen molar-refractivity contribution in [2.45, 2.75) is 12.4 Å². The van der Waals surface area contributed by atoms with Crippen LogP contribution < -0.4 is 14.8 Å². The molecule has 0 bridgehead atoms. The Morgan fingerprint density at radius 3 is 2.46 bits per heavy atom. The zero-order valence-corrected chi connectivity index (χ0v) is 14.4. The number of hydrogen-bond acceptors (Lipinski definition) is 4. The largest absolute Gasteiger partial charge is 0.493 e. The number of amides is 1. The summed E-state index contributed by atoms with van der Waals surface area (Å²) in [5.41, 5.74) is 0.214. The molecule has 4 nitrogen and oxygen atoms in total. The van der Waals surface area contributed by atoms with Crippen LogP contribution in [0.3, 0.4) is 0 Å². The first kappa shape index (κ1) is 19.9. The highest BCUT2D eigenvalue weighted by atomic mass is 32.2. The average molecular weight is 389 g/mol. The lowest BCUT2D eigenvalue weighted by atomic mass is 10.2. The van der Waals surface area contributed by atoms with Gasteiger partial charge >= 0.3 is 6.61 Å². The van der Waals surface area contributed by atoms with E-state index in [1.807, 2.05) is 0 Å². The number of alkyl halides is 2. The van der Waals surface area contributed by atoms with Crippen LogP contribution >= 0.6 is 11.8 Å². The second-order valence-corrected chi connectivity index (χ2v) is 5.99. The minimum atomic E-state index is -2.97. The summed E-state index contributed by atoms with van der Waals surface area (Å²) in [7, 11) is 1.32. The lowest BCUT2D eigenvalue weighted by Gasteiger charge is -2.11. The Hall–Kier alpha value is -2.42. The molecule has 2 aromatic carbocycles. The van der Waals surface area contributed by atoms with Crippen molar-refractivity contribution in [2.75, 3.05) is 18.2 Å². The number of ether oxygens (including phenoxy) is 2. The Balaban J connectivity index is 1.90. The Morgan fingerprint density at radius 2 is 1.85 bits per heavy atom. The number of halogens is 4. The maximum absolute atomic E-state index is 13.5. The predicted molar refractivity (Wildman–Crippen MR) is 90.8 cm³/mol. The quantitative estimate of drug-likeness (QED) is 0.678. The number of carbonyl (C=O) groups excluding carboxylic acids is 1. The molecule has 2 aromatic rings. The molecule has 0 aliphatic rings. The molecule has 0 radical (unpaired) electrons. The highest BCUT2D eigenvalue weighted by Gasteiger charge is 2.13. The van der Waals surface area contributed by atoms with Crippen molar-refractivity contribution >= 4 is 23.4 Å². The molecule has 0 spiro atoms. The van der Waals surface area contributed by atoms with Gasteiger partial charge in [0.25, 0.3) is 0 Å². The molecule has 26 heavy (non-hydrogen) atoms. The van der Waals surface area contributed by atoms with Crippen molar-refractivity contribution in [1.82, 2.24) is 0 Å². The summed E-state index contributed by atoms with van der Waals surface area (Å²) in [6.07, 6.45) is 0. The number of nitrogens with one attached hydrogen (secondary N) is 1. The van der Waals surface area contributed by atoms with Gasteiger partial charge in [-0.05, 0) is 29.8 Å². The molecule has 1 amide bonds. The Kier molecular flexibility index (Phi) is 7.14. The van der Waals surface area contributed by atoms with E-state index in [4.69, 9.17) is 4.74 Å². The van der Waals surface area contributed by atoms with Crippen molar-refractivity contribution < 1.29 is 31.8 Å². The highest BCUT2D eigenvalue weighted by Crippen LogP contribution is 2.30. The summed E-state index contributed by atoms with van der Waals surface area (Å²) in [6.45, 7) is -2.97. The molecule has 0 aliphatic heterocycles. The van der Waals surface area contributed by atoms with E-state index in [1.165, 1.54) is 37.1 Å². The van der Waals surface area contributed by atoms with Gasteiger partial charge in [-0.2, -0.15) is 8.78 Å². The van der Waals surface area contributed by atoms with Crippen molar-refractivity contribution in [3.05, 3.63) is 53.6 Å². The van der Waals surface area contributed by atoms with Crippen LogP contribution in [0.15, 0.2) is 36.4 Å². The molecule has 0 saturated heterocycles. The molecule has 9 heteroatoms. The van der Waals surface area contributed by atoms with Gasteiger partial charge in [-0.25, -0.2) is 8.78 Å². The first-order valence-electron chi connectivity index (χ1n) is 7.34. The normalized spacial score (nSPS) is 10.7. The fourth-order valence-electron chi connectivity index (χ4n) is 2.05. The minimum absolute atomic E-state index is 0.0502. The summed E-state index contributed by atoms with van der Waals surface area (Å²) in [6, 6.07) is 7.70. The van der Waals surface area contributed by atoms with E-state index in [0.29, 0.717) is 11.3 Å². The van der Waals surface area contributed by atoms with E-state index in [-0.39, 0.29) is 17.3 Å². The van der Waals surface area contributed by atoms with Gasteiger partial charge in [0.15, 0.2) is 11.5 Å². The summed E-state index contributed by atoms with van der Waals surface area (Å²) in [5, 5.41) is 2.18. The van der Waals surface area contributed by atoms with E-state index in [0.717, 1.165) is 12.1 Å². The first-order valence-corrected chi connectivity index (χ1v) is 8.49. The van der Waals surface area contributed by atoms with Gasteiger partial charge in [-0.3, -0.25) is 4.79 Å². The third-order valence-electron chi connectivity index (χ3n) is 3.17. The van der Waals surface area contributed by atoms with Gasteiger partial charge in [0, 0.05) is 5.75 Å². The number of thioether (sulfide) groups is 1. The average Bonchev–Trinajstić information content (AvgIpc) is 2.59. The van der Waals surface area contributed by atoms with Crippen LogP contribution in [0.1, 0.15) is 5.56 Å². The van der Waals surface area contributed by atoms with Crippen LogP contribution in [0.4, 0.5) is 23.2 Å². The van der Waals surface area contributed by atoms with Crippen LogP contribution in [0, 0.1) is 11.6 Å². The van der Waals surface area contributed by atoms with Gasteiger partial charge in [0.2, 0.25) is 5.91 Å². The second kappa shape index (κ2) is 9.33. The molecule has 0 aliphatic carbocycles. The standard InChI is InChI=1S/C17H15F4NO3S/c1-24-14-7-10(5-6-13(14)25-17(20)21)8-26-9-15(23)22-16-11(18)3-2-4-12(16)19/h2-7,17H,8-9H2,1H3,(H,22,23). The third-order valence-corrected chi connectivity index (χ3v) is 4.18. The number of anilines is 1.